The highest BCUT2D eigenvalue weighted by Gasteiger charge is 2.21. The summed E-state index contributed by atoms with van der Waals surface area (Å²) < 4.78 is 14.2. The van der Waals surface area contributed by atoms with Crippen molar-refractivity contribution >= 4 is 38.3 Å². The van der Waals surface area contributed by atoms with Crippen LogP contribution in [0, 0.1) is 15.9 Å². The zero-order valence-electron chi connectivity index (χ0n) is 15.7. The fourth-order valence-electron chi connectivity index (χ4n) is 3.04. The number of hydrogen-bond donors (Lipinski definition) is 0. The Balaban J connectivity index is 1.65. The predicted octanol–water partition coefficient (Wildman–Crippen LogP) is 5.12. The number of benzene rings is 3. The van der Waals surface area contributed by atoms with E-state index in [9.17, 15) is 19.3 Å². The van der Waals surface area contributed by atoms with Gasteiger partial charge in [0.05, 0.1) is 28.1 Å². The molecule has 1 amide bonds. The van der Waals surface area contributed by atoms with E-state index < -0.39 is 4.92 Å². The number of aromatic nitrogens is 1. The van der Waals surface area contributed by atoms with Crippen molar-refractivity contribution in [2.45, 2.75) is 13.0 Å². The minimum Gasteiger partial charge on any atom is -0.283 e. The summed E-state index contributed by atoms with van der Waals surface area (Å²) in [4.78, 5) is 29.6. The molecule has 8 heteroatoms. The fraction of sp³-hybridized carbons (Fsp3) is 0.0909. The van der Waals surface area contributed by atoms with Gasteiger partial charge in [0.1, 0.15) is 5.82 Å². The Labute approximate surface area is 175 Å². The number of hydrogen-bond acceptors (Lipinski definition) is 5. The van der Waals surface area contributed by atoms with Crippen molar-refractivity contribution in [3.63, 3.8) is 0 Å². The molecular weight excluding hydrogens is 405 g/mol. The third-order valence-corrected chi connectivity index (χ3v) is 5.60. The lowest BCUT2D eigenvalue weighted by atomic mass is 10.1. The summed E-state index contributed by atoms with van der Waals surface area (Å²) in [5.41, 5.74) is 2.19. The van der Waals surface area contributed by atoms with Crippen LogP contribution in [0.5, 0.6) is 0 Å². The third-order valence-electron chi connectivity index (χ3n) is 4.56. The van der Waals surface area contributed by atoms with E-state index >= 15 is 0 Å². The van der Waals surface area contributed by atoms with Gasteiger partial charge in [0.2, 0.25) is 5.91 Å². The minimum absolute atomic E-state index is 0.0273. The molecule has 4 aromatic rings. The van der Waals surface area contributed by atoms with Gasteiger partial charge in [-0.3, -0.25) is 19.8 Å². The summed E-state index contributed by atoms with van der Waals surface area (Å²) >= 11 is 1.25. The molecule has 0 saturated carbocycles. The van der Waals surface area contributed by atoms with Gasteiger partial charge in [-0.15, -0.1) is 0 Å². The normalized spacial score (nSPS) is 10.8. The van der Waals surface area contributed by atoms with Gasteiger partial charge in [-0.1, -0.05) is 53.8 Å². The van der Waals surface area contributed by atoms with E-state index in [1.165, 1.54) is 35.6 Å². The molecule has 0 aliphatic carbocycles. The Morgan fingerprint density at radius 2 is 1.77 bits per heavy atom. The van der Waals surface area contributed by atoms with Gasteiger partial charge >= 0.3 is 0 Å². The minimum atomic E-state index is -0.479. The first-order chi connectivity index (χ1) is 14.5. The molecule has 0 saturated heterocycles. The van der Waals surface area contributed by atoms with E-state index in [-0.39, 0.29) is 23.8 Å². The Morgan fingerprint density at radius 1 is 1.03 bits per heavy atom. The van der Waals surface area contributed by atoms with Gasteiger partial charge in [0, 0.05) is 12.1 Å². The number of carbonyl (C=O) groups is 1. The molecule has 0 atom stereocenters. The first-order valence-electron chi connectivity index (χ1n) is 9.13. The van der Waals surface area contributed by atoms with Crippen molar-refractivity contribution in [3.8, 4) is 0 Å². The van der Waals surface area contributed by atoms with Gasteiger partial charge < -0.3 is 0 Å². The second-order valence-corrected chi connectivity index (χ2v) is 7.68. The van der Waals surface area contributed by atoms with Crippen molar-refractivity contribution in [2.24, 2.45) is 0 Å². The number of non-ortho nitro benzene ring substituents is 1. The number of fused-ring (bicyclic) bond motifs is 1. The molecule has 0 N–H and O–H groups in total. The summed E-state index contributed by atoms with van der Waals surface area (Å²) in [6.07, 6.45) is 0.0646. The van der Waals surface area contributed by atoms with Crippen LogP contribution in [0.25, 0.3) is 10.2 Å². The van der Waals surface area contributed by atoms with E-state index in [1.807, 2.05) is 30.3 Å². The summed E-state index contributed by atoms with van der Waals surface area (Å²) in [7, 11) is 0. The molecule has 0 fully saturated rings. The lowest BCUT2D eigenvalue weighted by molar-refractivity contribution is -0.384. The van der Waals surface area contributed by atoms with E-state index in [4.69, 9.17) is 0 Å². The second-order valence-electron chi connectivity index (χ2n) is 6.67. The van der Waals surface area contributed by atoms with Crippen molar-refractivity contribution in [1.82, 2.24) is 4.98 Å². The van der Waals surface area contributed by atoms with Crippen LogP contribution < -0.4 is 4.90 Å². The third kappa shape index (κ3) is 4.33. The van der Waals surface area contributed by atoms with Crippen molar-refractivity contribution in [2.75, 3.05) is 4.90 Å². The van der Waals surface area contributed by atoms with Crippen molar-refractivity contribution in [3.05, 3.63) is 99.9 Å². The molecule has 0 radical (unpaired) electrons. The summed E-state index contributed by atoms with van der Waals surface area (Å²) in [6.45, 7) is 0.314. The largest absolute Gasteiger partial charge is 0.283 e. The smallest absolute Gasteiger partial charge is 0.269 e. The van der Waals surface area contributed by atoms with Gasteiger partial charge in [-0.25, -0.2) is 9.37 Å². The molecule has 150 valence electrons. The van der Waals surface area contributed by atoms with Gasteiger partial charge in [-0.05, 0) is 29.3 Å². The first-order valence-corrected chi connectivity index (χ1v) is 9.95. The van der Waals surface area contributed by atoms with Gasteiger partial charge in [0.15, 0.2) is 5.13 Å². The van der Waals surface area contributed by atoms with Crippen LogP contribution in [-0.4, -0.2) is 15.8 Å². The average molecular weight is 421 g/mol. The number of nitro benzene ring substituents is 1. The zero-order chi connectivity index (χ0) is 21.1. The van der Waals surface area contributed by atoms with Gasteiger partial charge in [-0.2, -0.15) is 0 Å². The molecule has 30 heavy (non-hydrogen) atoms. The van der Waals surface area contributed by atoms with Gasteiger partial charge in [0.25, 0.3) is 5.69 Å². The highest BCUT2D eigenvalue weighted by atomic mass is 32.1. The molecule has 1 heterocycles. The summed E-state index contributed by atoms with van der Waals surface area (Å²) in [6, 6.07) is 19.7. The number of carbonyl (C=O) groups excluding carboxylic acids is 1. The fourth-order valence-corrected chi connectivity index (χ4v) is 4.04. The molecule has 0 unspecified atom stereocenters. The number of thiazole rings is 1. The number of nitrogens with zero attached hydrogens (tertiary/aromatic N) is 3. The van der Waals surface area contributed by atoms with E-state index in [1.54, 1.807) is 23.1 Å². The standard InChI is InChI=1S/C22H16FN3O3S/c23-17-8-11-19-20(13-17)30-22(24-19)25(14-16-4-2-1-3-5-16)21(27)12-15-6-9-18(10-7-15)26(28)29/h1-11,13H,12,14H2. The molecule has 3 aromatic carbocycles. The maximum atomic E-state index is 13.6. The lowest BCUT2D eigenvalue weighted by Crippen LogP contribution is -2.31. The van der Waals surface area contributed by atoms with E-state index in [0.29, 0.717) is 27.5 Å². The highest BCUT2D eigenvalue weighted by Crippen LogP contribution is 2.31. The number of rotatable bonds is 6. The predicted molar refractivity (Wildman–Crippen MR) is 114 cm³/mol. The molecular formula is C22H16FN3O3S. The number of amides is 1. The van der Waals surface area contributed by atoms with Crippen LogP contribution in [0.1, 0.15) is 11.1 Å². The highest BCUT2D eigenvalue weighted by molar-refractivity contribution is 7.22. The summed E-state index contributed by atoms with van der Waals surface area (Å²) in [5.74, 6) is -0.559. The lowest BCUT2D eigenvalue weighted by Gasteiger charge is -2.20. The van der Waals surface area contributed by atoms with Crippen molar-refractivity contribution < 1.29 is 14.1 Å². The summed E-state index contributed by atoms with van der Waals surface area (Å²) in [5, 5.41) is 11.3. The zero-order valence-corrected chi connectivity index (χ0v) is 16.5. The van der Waals surface area contributed by atoms with Crippen LogP contribution in [-0.2, 0) is 17.8 Å². The molecule has 4 rings (SSSR count). The quantitative estimate of drug-likeness (QED) is 0.320. The first kappa shape index (κ1) is 19.7. The van der Waals surface area contributed by atoms with Crippen LogP contribution in [0.2, 0.25) is 0 Å². The number of halogens is 1. The maximum Gasteiger partial charge on any atom is 0.269 e. The van der Waals surface area contributed by atoms with Crippen LogP contribution in [0.3, 0.4) is 0 Å². The van der Waals surface area contributed by atoms with Crippen LogP contribution in [0.4, 0.5) is 15.2 Å². The maximum absolute atomic E-state index is 13.6. The molecule has 6 nitrogen and oxygen atoms in total. The molecule has 0 aliphatic rings. The Morgan fingerprint density at radius 3 is 2.47 bits per heavy atom. The topological polar surface area (TPSA) is 76.3 Å². The SMILES string of the molecule is O=C(Cc1ccc([N+](=O)[O-])cc1)N(Cc1ccccc1)c1nc2ccc(F)cc2s1. The second kappa shape index (κ2) is 8.38. The number of anilines is 1. The molecule has 0 bridgehead atoms. The monoisotopic (exact) mass is 421 g/mol. The van der Waals surface area contributed by atoms with E-state index in [0.717, 1.165) is 5.56 Å². The molecule has 0 aliphatic heterocycles. The Hall–Kier alpha value is -3.65. The molecule has 1 aromatic heterocycles. The van der Waals surface area contributed by atoms with E-state index in [2.05, 4.69) is 4.98 Å². The van der Waals surface area contributed by atoms with Crippen molar-refractivity contribution in [1.29, 1.82) is 0 Å². The molecule has 0 spiro atoms. The average Bonchev–Trinajstić information content (AvgIpc) is 3.15. The van der Waals surface area contributed by atoms with Crippen LogP contribution in [0.15, 0.2) is 72.8 Å². The van der Waals surface area contributed by atoms with Crippen LogP contribution >= 0.6 is 11.3 Å². The Kier molecular flexibility index (Phi) is 5.49. The number of nitro groups is 1. The Bertz CT molecular complexity index is 1210.